The molecule has 3 rings (SSSR count). The van der Waals surface area contributed by atoms with E-state index in [-0.39, 0.29) is 5.91 Å². The van der Waals surface area contributed by atoms with Gasteiger partial charge in [-0.15, -0.1) is 0 Å². The Morgan fingerprint density at radius 3 is 3.12 bits per heavy atom. The number of rotatable bonds is 1. The zero-order valence-corrected chi connectivity index (χ0v) is 9.39. The maximum absolute atomic E-state index is 12.0. The quantitative estimate of drug-likeness (QED) is 0.788. The van der Waals surface area contributed by atoms with Gasteiger partial charge in [0.25, 0.3) is 5.91 Å². The summed E-state index contributed by atoms with van der Waals surface area (Å²) in [6, 6.07) is 7.61. The van der Waals surface area contributed by atoms with Crippen LogP contribution in [0.4, 0.5) is 5.69 Å². The molecule has 1 atom stereocenters. The Balaban J connectivity index is 1.73. The van der Waals surface area contributed by atoms with Crippen molar-refractivity contribution in [2.75, 3.05) is 25.0 Å². The van der Waals surface area contributed by atoms with Gasteiger partial charge in [-0.05, 0) is 18.6 Å². The van der Waals surface area contributed by atoms with Crippen molar-refractivity contribution in [3.8, 4) is 5.75 Å². The van der Waals surface area contributed by atoms with Crippen LogP contribution in [0, 0.1) is 0 Å². The summed E-state index contributed by atoms with van der Waals surface area (Å²) in [5.41, 5.74) is 0.930. The van der Waals surface area contributed by atoms with Gasteiger partial charge >= 0.3 is 0 Å². The predicted molar refractivity (Wildman–Crippen MR) is 61.6 cm³/mol. The first-order valence-electron chi connectivity index (χ1n) is 5.78. The van der Waals surface area contributed by atoms with Gasteiger partial charge < -0.3 is 10.1 Å². The van der Waals surface area contributed by atoms with E-state index >= 15 is 0 Å². The topological polar surface area (TPSA) is 50.8 Å². The van der Waals surface area contributed by atoms with E-state index in [0.717, 1.165) is 17.9 Å². The number of amides is 1. The zero-order valence-electron chi connectivity index (χ0n) is 9.39. The van der Waals surface area contributed by atoms with Crippen LogP contribution in [0.2, 0.25) is 0 Å². The number of nitrogens with zero attached hydrogens (tertiary/aromatic N) is 1. The van der Waals surface area contributed by atoms with Crippen molar-refractivity contribution in [3.05, 3.63) is 24.3 Å². The number of anilines is 1. The lowest BCUT2D eigenvalue weighted by molar-refractivity contribution is -0.176. The molecule has 2 heterocycles. The Morgan fingerprint density at radius 1 is 1.41 bits per heavy atom. The smallest absolute Gasteiger partial charge is 0.289 e. The molecule has 2 aliphatic rings. The van der Waals surface area contributed by atoms with Gasteiger partial charge in [-0.1, -0.05) is 12.1 Å². The molecule has 0 bridgehead atoms. The van der Waals surface area contributed by atoms with Crippen molar-refractivity contribution >= 4 is 11.6 Å². The van der Waals surface area contributed by atoms with Crippen LogP contribution >= 0.6 is 0 Å². The summed E-state index contributed by atoms with van der Waals surface area (Å²) in [6.45, 7) is 1.75. The van der Waals surface area contributed by atoms with Crippen molar-refractivity contribution in [1.82, 2.24) is 5.06 Å². The molecule has 0 aliphatic carbocycles. The maximum Gasteiger partial charge on any atom is 0.289 e. The van der Waals surface area contributed by atoms with Crippen molar-refractivity contribution in [1.29, 1.82) is 0 Å². The molecule has 0 spiro atoms. The Bertz CT molecular complexity index is 430. The first-order chi connectivity index (χ1) is 8.34. The Morgan fingerprint density at radius 2 is 2.29 bits per heavy atom. The van der Waals surface area contributed by atoms with Gasteiger partial charge in [0.2, 0.25) is 0 Å². The largest absolute Gasteiger partial charge is 0.476 e. The molecule has 0 radical (unpaired) electrons. The number of benzene rings is 1. The maximum atomic E-state index is 12.0. The predicted octanol–water partition coefficient (Wildman–Crippen LogP) is 1.02. The number of hydrogen-bond donors (Lipinski definition) is 1. The van der Waals surface area contributed by atoms with Crippen molar-refractivity contribution in [2.24, 2.45) is 0 Å². The molecule has 1 fully saturated rings. The minimum absolute atomic E-state index is 0.107. The average Bonchev–Trinajstić information content (AvgIpc) is 2.91. The second kappa shape index (κ2) is 4.25. The lowest BCUT2D eigenvalue weighted by atomic mass is 10.2. The molecule has 90 valence electrons. The first kappa shape index (κ1) is 10.4. The number of hydrogen-bond acceptors (Lipinski definition) is 4. The fraction of sp³-hybridized carbons (Fsp3) is 0.417. The summed E-state index contributed by atoms with van der Waals surface area (Å²) in [5.74, 6) is 0.612. The second-order valence-electron chi connectivity index (χ2n) is 4.11. The van der Waals surface area contributed by atoms with Crippen LogP contribution in [0.1, 0.15) is 6.42 Å². The van der Waals surface area contributed by atoms with Crippen LogP contribution in [0.3, 0.4) is 0 Å². The number of hydroxylamine groups is 2. The lowest BCUT2D eigenvalue weighted by Gasteiger charge is -2.28. The molecule has 1 unspecified atom stereocenters. The third kappa shape index (κ3) is 1.93. The molecule has 0 saturated carbocycles. The molecule has 1 aromatic carbocycles. The summed E-state index contributed by atoms with van der Waals surface area (Å²) in [6.07, 6.45) is 0.394. The van der Waals surface area contributed by atoms with E-state index in [1.54, 1.807) is 0 Å². The molecule has 5 nitrogen and oxygen atoms in total. The Labute approximate surface area is 99.3 Å². The average molecular weight is 234 g/mol. The molecule has 1 saturated heterocycles. The van der Waals surface area contributed by atoms with E-state index in [4.69, 9.17) is 9.57 Å². The van der Waals surface area contributed by atoms with Crippen LogP contribution < -0.4 is 10.1 Å². The monoisotopic (exact) mass is 234 g/mol. The first-order valence-corrected chi connectivity index (χ1v) is 5.78. The van der Waals surface area contributed by atoms with Crippen LogP contribution in [0.15, 0.2) is 24.3 Å². The second-order valence-corrected chi connectivity index (χ2v) is 4.11. The highest BCUT2D eigenvalue weighted by Gasteiger charge is 2.31. The molecule has 1 amide bonds. The zero-order chi connectivity index (χ0) is 11.7. The van der Waals surface area contributed by atoms with Crippen LogP contribution in [0.5, 0.6) is 5.75 Å². The molecule has 1 aromatic rings. The molecular weight excluding hydrogens is 220 g/mol. The molecule has 5 heteroatoms. The van der Waals surface area contributed by atoms with E-state index in [9.17, 15) is 4.79 Å². The van der Waals surface area contributed by atoms with Gasteiger partial charge in [0.05, 0.1) is 25.4 Å². The molecular formula is C12H14N2O3. The highest BCUT2D eigenvalue weighted by molar-refractivity contribution is 5.82. The third-order valence-corrected chi connectivity index (χ3v) is 2.91. The molecule has 0 aromatic heterocycles. The normalized spacial score (nSPS) is 22.6. The van der Waals surface area contributed by atoms with Gasteiger partial charge in [0.1, 0.15) is 5.75 Å². The standard InChI is InChI=1S/C12H14N2O3/c15-12(14-6-3-7-16-14)11-8-13-9-4-1-2-5-10(9)17-11/h1-2,4-5,11,13H,3,6-8H2. The SMILES string of the molecule is O=C(C1CNc2ccccc2O1)N1CCCO1. The van der Waals surface area contributed by atoms with Crippen molar-refractivity contribution in [3.63, 3.8) is 0 Å². The van der Waals surface area contributed by atoms with Gasteiger partial charge in [-0.25, -0.2) is 5.06 Å². The van der Waals surface area contributed by atoms with Crippen LogP contribution in [-0.2, 0) is 9.63 Å². The van der Waals surface area contributed by atoms with Gasteiger partial charge in [0, 0.05) is 0 Å². The van der Waals surface area contributed by atoms with E-state index in [1.165, 1.54) is 5.06 Å². The lowest BCUT2D eigenvalue weighted by Crippen LogP contribution is -2.45. The Kier molecular flexibility index (Phi) is 2.60. The van der Waals surface area contributed by atoms with E-state index < -0.39 is 6.10 Å². The fourth-order valence-corrected chi connectivity index (χ4v) is 2.03. The summed E-state index contributed by atoms with van der Waals surface area (Å²) in [7, 11) is 0. The van der Waals surface area contributed by atoms with Gasteiger partial charge in [-0.2, -0.15) is 0 Å². The highest BCUT2D eigenvalue weighted by atomic mass is 16.7. The number of carbonyl (C=O) groups is 1. The fourth-order valence-electron chi connectivity index (χ4n) is 2.03. The summed E-state index contributed by atoms with van der Waals surface area (Å²) in [5, 5.41) is 4.59. The number of fused-ring (bicyclic) bond motifs is 1. The number of nitrogens with one attached hydrogen (secondary N) is 1. The van der Waals surface area contributed by atoms with Crippen molar-refractivity contribution < 1.29 is 14.4 Å². The molecule has 1 N–H and O–H groups in total. The summed E-state index contributed by atoms with van der Waals surface area (Å²) in [4.78, 5) is 17.3. The summed E-state index contributed by atoms with van der Waals surface area (Å²) >= 11 is 0. The molecule has 2 aliphatic heterocycles. The van der Waals surface area contributed by atoms with Gasteiger partial charge in [0.15, 0.2) is 6.10 Å². The van der Waals surface area contributed by atoms with Crippen LogP contribution in [0.25, 0.3) is 0 Å². The minimum atomic E-state index is -0.497. The van der Waals surface area contributed by atoms with Gasteiger partial charge in [-0.3, -0.25) is 9.63 Å². The van der Waals surface area contributed by atoms with Crippen molar-refractivity contribution in [2.45, 2.75) is 12.5 Å². The number of para-hydroxylation sites is 2. The number of ether oxygens (including phenoxy) is 1. The van der Waals surface area contributed by atoms with E-state index in [0.29, 0.717) is 19.7 Å². The van der Waals surface area contributed by atoms with E-state index in [2.05, 4.69) is 5.32 Å². The van der Waals surface area contributed by atoms with E-state index in [1.807, 2.05) is 24.3 Å². The summed E-state index contributed by atoms with van der Waals surface area (Å²) < 4.78 is 5.67. The minimum Gasteiger partial charge on any atom is -0.476 e. The third-order valence-electron chi connectivity index (χ3n) is 2.91. The molecule has 17 heavy (non-hydrogen) atoms. The highest BCUT2D eigenvalue weighted by Crippen LogP contribution is 2.28. The Hall–Kier alpha value is -1.75. The number of carbonyl (C=O) groups excluding carboxylic acids is 1. The van der Waals surface area contributed by atoms with Crippen LogP contribution in [-0.4, -0.2) is 36.8 Å².